The smallest absolute Gasteiger partial charge is 0.399 e. The number of nitrogens with zero attached hydrogens (tertiary/aromatic N) is 1. The van der Waals surface area contributed by atoms with Gasteiger partial charge in [0.05, 0.1) is 28.5 Å². The standard InChI is InChI=1S/C13H19BClNO3/c1-12(2)13(3,4)19-14(18-12)10-6-9(8-17-5)16-7-11(10)15/h6-7H,8H2,1-5H3. The summed E-state index contributed by atoms with van der Waals surface area (Å²) in [5.74, 6) is 0. The van der Waals surface area contributed by atoms with Gasteiger partial charge >= 0.3 is 7.12 Å². The monoisotopic (exact) mass is 283 g/mol. The van der Waals surface area contributed by atoms with E-state index in [1.54, 1.807) is 13.3 Å². The number of methoxy groups -OCH3 is 1. The molecule has 1 saturated heterocycles. The first-order valence-electron chi connectivity index (χ1n) is 6.26. The van der Waals surface area contributed by atoms with Gasteiger partial charge in [0.1, 0.15) is 0 Å². The van der Waals surface area contributed by atoms with Gasteiger partial charge in [0, 0.05) is 18.8 Å². The van der Waals surface area contributed by atoms with Crippen molar-refractivity contribution in [2.75, 3.05) is 7.11 Å². The molecular formula is C13H19BClNO3. The normalized spacial score (nSPS) is 20.8. The maximum atomic E-state index is 6.20. The second-order valence-corrected chi connectivity index (χ2v) is 6.13. The molecule has 1 aliphatic heterocycles. The summed E-state index contributed by atoms with van der Waals surface area (Å²) >= 11 is 6.20. The molecule has 0 atom stereocenters. The molecule has 19 heavy (non-hydrogen) atoms. The maximum absolute atomic E-state index is 6.20. The van der Waals surface area contributed by atoms with E-state index in [1.165, 1.54) is 0 Å². The summed E-state index contributed by atoms with van der Waals surface area (Å²) in [6.45, 7) is 8.48. The highest BCUT2D eigenvalue weighted by atomic mass is 35.5. The van der Waals surface area contributed by atoms with Gasteiger partial charge in [-0.2, -0.15) is 0 Å². The van der Waals surface area contributed by atoms with E-state index in [1.807, 2.05) is 33.8 Å². The fourth-order valence-electron chi connectivity index (χ4n) is 1.88. The number of ether oxygens (including phenoxy) is 1. The third-order valence-corrected chi connectivity index (χ3v) is 4.06. The Balaban J connectivity index is 2.31. The highest BCUT2D eigenvalue weighted by Crippen LogP contribution is 2.36. The van der Waals surface area contributed by atoms with E-state index in [4.69, 9.17) is 25.6 Å². The molecule has 0 amide bonds. The second kappa shape index (κ2) is 5.06. The van der Waals surface area contributed by atoms with Crippen molar-refractivity contribution in [1.82, 2.24) is 4.98 Å². The molecule has 1 aliphatic rings. The summed E-state index contributed by atoms with van der Waals surface area (Å²) in [5, 5.41) is 0.540. The predicted molar refractivity (Wildman–Crippen MR) is 75.7 cm³/mol. The van der Waals surface area contributed by atoms with Crippen molar-refractivity contribution in [3.63, 3.8) is 0 Å². The van der Waals surface area contributed by atoms with Gasteiger partial charge in [-0.05, 0) is 33.8 Å². The summed E-state index contributed by atoms with van der Waals surface area (Å²) in [6.07, 6.45) is 1.61. The molecule has 2 heterocycles. The molecule has 0 unspecified atom stereocenters. The first kappa shape index (κ1) is 14.8. The highest BCUT2D eigenvalue weighted by Gasteiger charge is 2.52. The molecule has 4 nitrogen and oxygen atoms in total. The van der Waals surface area contributed by atoms with Crippen LogP contribution < -0.4 is 5.46 Å². The Kier molecular flexibility index (Phi) is 3.93. The van der Waals surface area contributed by atoms with Gasteiger partial charge in [-0.25, -0.2) is 0 Å². The zero-order valence-corrected chi connectivity index (χ0v) is 12.7. The molecule has 1 fully saturated rings. The lowest BCUT2D eigenvalue weighted by molar-refractivity contribution is 0.00578. The van der Waals surface area contributed by atoms with Gasteiger partial charge < -0.3 is 14.0 Å². The van der Waals surface area contributed by atoms with Gasteiger partial charge in [-0.3, -0.25) is 4.98 Å². The summed E-state index contributed by atoms with van der Waals surface area (Å²) in [7, 11) is 1.15. The van der Waals surface area contributed by atoms with Crippen LogP contribution in [-0.4, -0.2) is 30.4 Å². The largest absolute Gasteiger partial charge is 0.496 e. The lowest BCUT2D eigenvalue weighted by Crippen LogP contribution is -2.41. The van der Waals surface area contributed by atoms with Gasteiger partial charge in [0.15, 0.2) is 0 Å². The molecule has 0 radical (unpaired) electrons. The van der Waals surface area contributed by atoms with Gasteiger partial charge in [0.25, 0.3) is 0 Å². The van der Waals surface area contributed by atoms with Gasteiger partial charge in [-0.15, -0.1) is 0 Å². The van der Waals surface area contributed by atoms with E-state index >= 15 is 0 Å². The zero-order chi connectivity index (χ0) is 14.3. The van der Waals surface area contributed by atoms with E-state index in [-0.39, 0.29) is 11.2 Å². The third kappa shape index (κ3) is 2.79. The molecule has 0 bridgehead atoms. The average Bonchev–Trinajstić information content (AvgIpc) is 2.51. The lowest BCUT2D eigenvalue weighted by Gasteiger charge is -2.32. The first-order valence-corrected chi connectivity index (χ1v) is 6.63. The average molecular weight is 284 g/mol. The van der Waals surface area contributed by atoms with Crippen LogP contribution in [0.2, 0.25) is 5.02 Å². The summed E-state index contributed by atoms with van der Waals surface area (Å²) in [5.41, 5.74) is 0.830. The quantitative estimate of drug-likeness (QED) is 0.797. The van der Waals surface area contributed by atoms with Crippen LogP contribution in [-0.2, 0) is 20.7 Å². The number of pyridine rings is 1. The Morgan fingerprint density at radius 3 is 2.37 bits per heavy atom. The number of hydrogen-bond donors (Lipinski definition) is 0. The van der Waals surface area contributed by atoms with E-state index in [0.717, 1.165) is 11.2 Å². The highest BCUT2D eigenvalue weighted by molar-refractivity contribution is 6.65. The summed E-state index contributed by atoms with van der Waals surface area (Å²) in [4.78, 5) is 4.20. The molecule has 6 heteroatoms. The topological polar surface area (TPSA) is 40.6 Å². The van der Waals surface area contributed by atoms with Crippen molar-refractivity contribution in [3.05, 3.63) is 23.0 Å². The maximum Gasteiger partial charge on any atom is 0.496 e. The van der Waals surface area contributed by atoms with Crippen molar-refractivity contribution in [2.45, 2.75) is 45.5 Å². The molecule has 1 aromatic rings. The molecule has 104 valence electrons. The number of aromatic nitrogens is 1. The van der Waals surface area contributed by atoms with Crippen molar-refractivity contribution < 1.29 is 14.0 Å². The SMILES string of the molecule is COCc1cc(B2OC(C)(C)C(C)(C)O2)c(Cl)cn1. The van der Waals surface area contributed by atoms with Gasteiger partial charge in [0.2, 0.25) is 0 Å². The fourth-order valence-corrected chi connectivity index (χ4v) is 2.07. The third-order valence-electron chi connectivity index (χ3n) is 3.74. The molecular weight excluding hydrogens is 264 g/mol. The van der Waals surface area contributed by atoms with Crippen LogP contribution in [0.5, 0.6) is 0 Å². The van der Waals surface area contributed by atoms with Crippen LogP contribution in [0.15, 0.2) is 12.3 Å². The molecule has 0 aliphatic carbocycles. The van der Waals surface area contributed by atoms with E-state index in [0.29, 0.717) is 11.6 Å². The number of rotatable bonds is 3. The van der Waals surface area contributed by atoms with Crippen LogP contribution >= 0.6 is 11.6 Å². The van der Waals surface area contributed by atoms with Crippen molar-refractivity contribution in [1.29, 1.82) is 0 Å². The Labute approximate surface area is 119 Å². The van der Waals surface area contributed by atoms with E-state index in [2.05, 4.69) is 4.98 Å². The van der Waals surface area contributed by atoms with Crippen LogP contribution in [0.3, 0.4) is 0 Å². The van der Waals surface area contributed by atoms with E-state index in [9.17, 15) is 0 Å². The van der Waals surface area contributed by atoms with Gasteiger partial charge in [-0.1, -0.05) is 11.6 Å². The summed E-state index contributed by atoms with van der Waals surface area (Å²) < 4.78 is 17.1. The van der Waals surface area contributed by atoms with Crippen molar-refractivity contribution >= 4 is 24.2 Å². The zero-order valence-electron chi connectivity index (χ0n) is 12.0. The number of hydrogen-bond acceptors (Lipinski definition) is 4. The summed E-state index contributed by atoms with van der Waals surface area (Å²) in [6, 6.07) is 1.87. The minimum Gasteiger partial charge on any atom is -0.399 e. The molecule has 2 rings (SSSR count). The minimum absolute atomic E-state index is 0.383. The number of halogens is 1. The van der Waals surface area contributed by atoms with E-state index < -0.39 is 7.12 Å². The Morgan fingerprint density at radius 1 is 1.26 bits per heavy atom. The molecule has 0 spiro atoms. The Morgan fingerprint density at radius 2 is 1.84 bits per heavy atom. The minimum atomic E-state index is -0.476. The van der Waals surface area contributed by atoms with Crippen LogP contribution in [0, 0.1) is 0 Å². The molecule has 1 aromatic heterocycles. The lowest BCUT2D eigenvalue weighted by atomic mass is 9.79. The fraction of sp³-hybridized carbons (Fsp3) is 0.615. The second-order valence-electron chi connectivity index (χ2n) is 5.72. The van der Waals surface area contributed by atoms with Crippen LogP contribution in [0.4, 0.5) is 0 Å². The Bertz CT molecular complexity index is 463. The molecule has 0 N–H and O–H groups in total. The predicted octanol–water partition coefficient (Wildman–Crippen LogP) is 2.18. The van der Waals surface area contributed by atoms with Crippen molar-refractivity contribution in [3.8, 4) is 0 Å². The van der Waals surface area contributed by atoms with Crippen LogP contribution in [0.25, 0.3) is 0 Å². The Hall–Kier alpha value is -0.615. The molecule has 0 aromatic carbocycles. The first-order chi connectivity index (χ1) is 8.77. The molecule has 0 saturated carbocycles. The van der Waals surface area contributed by atoms with Crippen LogP contribution in [0.1, 0.15) is 33.4 Å². The van der Waals surface area contributed by atoms with Crippen molar-refractivity contribution in [2.24, 2.45) is 0 Å².